The second-order valence-electron chi connectivity index (χ2n) is 6.15. The number of carbonyl (C=O) groups excluding carboxylic acids is 1. The highest BCUT2D eigenvalue weighted by atomic mass is 16.5. The van der Waals surface area contributed by atoms with E-state index in [4.69, 9.17) is 4.74 Å². The Morgan fingerprint density at radius 3 is 2.65 bits per heavy atom. The minimum Gasteiger partial charge on any atom is -0.488 e. The first-order valence-electron chi connectivity index (χ1n) is 8.15. The number of hydrogen-bond acceptors (Lipinski definition) is 2. The molecule has 0 spiro atoms. The maximum absolute atomic E-state index is 12.4. The molecule has 0 aliphatic carbocycles. The van der Waals surface area contributed by atoms with Crippen LogP contribution in [0.4, 0.5) is 4.79 Å². The first-order valence-corrected chi connectivity index (χ1v) is 8.15. The largest absolute Gasteiger partial charge is 0.488 e. The first-order chi connectivity index (χ1) is 11.3. The number of likely N-dealkylation sites (tertiary alicyclic amines) is 1. The Labute approximate surface area is 136 Å². The molecule has 2 amide bonds. The Kier molecular flexibility index (Phi) is 3.66. The molecule has 2 aromatic carbocycles. The van der Waals surface area contributed by atoms with Crippen LogP contribution < -0.4 is 10.1 Å². The third kappa shape index (κ3) is 2.77. The van der Waals surface area contributed by atoms with Gasteiger partial charge in [-0.05, 0) is 23.6 Å². The summed E-state index contributed by atoms with van der Waals surface area (Å²) in [6.07, 6.45) is 1.93. The number of carbonyl (C=O) groups is 1. The van der Waals surface area contributed by atoms with Crippen LogP contribution in [0.3, 0.4) is 0 Å². The van der Waals surface area contributed by atoms with E-state index >= 15 is 0 Å². The van der Waals surface area contributed by atoms with Crippen LogP contribution in [-0.2, 0) is 6.42 Å². The summed E-state index contributed by atoms with van der Waals surface area (Å²) < 4.78 is 5.87. The third-order valence-electron chi connectivity index (χ3n) is 4.66. The topological polar surface area (TPSA) is 41.6 Å². The molecule has 118 valence electrons. The lowest BCUT2D eigenvalue weighted by molar-refractivity contribution is 0.112. The highest BCUT2D eigenvalue weighted by molar-refractivity contribution is 5.75. The molecule has 0 aromatic heterocycles. The summed E-state index contributed by atoms with van der Waals surface area (Å²) in [6, 6.07) is 18.5. The van der Waals surface area contributed by atoms with Crippen LogP contribution >= 0.6 is 0 Å². The Hall–Kier alpha value is -2.49. The molecule has 23 heavy (non-hydrogen) atoms. The van der Waals surface area contributed by atoms with Gasteiger partial charge in [-0.25, -0.2) is 4.79 Å². The van der Waals surface area contributed by atoms with E-state index in [2.05, 4.69) is 23.5 Å². The molecule has 2 aromatic rings. The normalized spacial score (nSPS) is 22.0. The maximum atomic E-state index is 12.4. The van der Waals surface area contributed by atoms with E-state index in [0.717, 1.165) is 25.1 Å². The third-order valence-corrected chi connectivity index (χ3v) is 4.66. The van der Waals surface area contributed by atoms with Crippen molar-refractivity contribution in [2.75, 3.05) is 13.1 Å². The van der Waals surface area contributed by atoms with Gasteiger partial charge in [-0.3, -0.25) is 0 Å². The molecule has 2 heterocycles. The summed E-state index contributed by atoms with van der Waals surface area (Å²) >= 11 is 0. The molecule has 2 aliphatic heterocycles. The molecule has 0 bridgehead atoms. The second-order valence-corrected chi connectivity index (χ2v) is 6.15. The van der Waals surface area contributed by atoms with Gasteiger partial charge < -0.3 is 15.0 Å². The van der Waals surface area contributed by atoms with Crippen molar-refractivity contribution in [2.45, 2.75) is 25.0 Å². The van der Waals surface area contributed by atoms with Gasteiger partial charge in [-0.2, -0.15) is 0 Å². The highest BCUT2D eigenvalue weighted by Gasteiger charge is 2.33. The van der Waals surface area contributed by atoms with E-state index in [0.29, 0.717) is 6.54 Å². The fraction of sp³-hybridized carbons (Fsp3) is 0.316. The molecule has 4 heteroatoms. The zero-order chi connectivity index (χ0) is 15.6. The summed E-state index contributed by atoms with van der Waals surface area (Å²) in [5, 5.41) is 3.02. The van der Waals surface area contributed by atoms with Gasteiger partial charge in [0.25, 0.3) is 0 Å². The van der Waals surface area contributed by atoms with E-state index in [1.807, 2.05) is 41.3 Å². The van der Waals surface area contributed by atoms with E-state index in [9.17, 15) is 4.79 Å². The molecule has 0 radical (unpaired) electrons. The summed E-state index contributed by atoms with van der Waals surface area (Å²) in [5.74, 6) is 0.942. The van der Waals surface area contributed by atoms with Crippen LogP contribution in [0.1, 0.15) is 23.6 Å². The van der Waals surface area contributed by atoms with Crippen molar-refractivity contribution in [1.82, 2.24) is 10.2 Å². The van der Waals surface area contributed by atoms with Crippen molar-refractivity contribution in [1.29, 1.82) is 0 Å². The first kappa shape index (κ1) is 14.1. The van der Waals surface area contributed by atoms with Gasteiger partial charge in [0, 0.05) is 13.0 Å². The molecule has 4 rings (SSSR count). The van der Waals surface area contributed by atoms with E-state index < -0.39 is 0 Å². The van der Waals surface area contributed by atoms with Crippen molar-refractivity contribution in [3.63, 3.8) is 0 Å². The number of hydrogen-bond donors (Lipinski definition) is 1. The zero-order valence-corrected chi connectivity index (χ0v) is 12.9. The summed E-state index contributed by atoms with van der Waals surface area (Å²) in [6.45, 7) is 1.36. The molecule has 2 atom stereocenters. The number of urea groups is 1. The van der Waals surface area contributed by atoms with Gasteiger partial charge in [-0.1, -0.05) is 48.5 Å². The SMILES string of the molecule is O=C(NC[C@@H]1Cc2ccccc2O1)N1CC[C@H]1c1ccccc1. The molecule has 1 saturated heterocycles. The lowest BCUT2D eigenvalue weighted by Crippen LogP contribution is -2.51. The number of benzene rings is 2. The van der Waals surface area contributed by atoms with Crippen molar-refractivity contribution in [3.8, 4) is 5.75 Å². The van der Waals surface area contributed by atoms with Crippen LogP contribution in [0.5, 0.6) is 5.75 Å². The van der Waals surface area contributed by atoms with Crippen molar-refractivity contribution < 1.29 is 9.53 Å². The number of nitrogens with one attached hydrogen (secondary N) is 1. The number of nitrogens with zero attached hydrogens (tertiary/aromatic N) is 1. The zero-order valence-electron chi connectivity index (χ0n) is 12.9. The fourth-order valence-electron chi connectivity index (χ4n) is 3.32. The number of rotatable bonds is 3. The fourth-order valence-corrected chi connectivity index (χ4v) is 3.32. The van der Waals surface area contributed by atoms with Crippen LogP contribution in [0, 0.1) is 0 Å². The number of ether oxygens (including phenoxy) is 1. The number of fused-ring (bicyclic) bond motifs is 1. The number of amides is 2. The van der Waals surface area contributed by atoms with Crippen molar-refractivity contribution in [2.24, 2.45) is 0 Å². The average molecular weight is 308 g/mol. The molecule has 1 fully saturated rings. The molecule has 2 aliphatic rings. The van der Waals surface area contributed by atoms with Gasteiger partial charge in [0.05, 0.1) is 12.6 Å². The average Bonchev–Trinajstić information content (AvgIpc) is 2.96. The van der Waals surface area contributed by atoms with Gasteiger partial charge in [0.1, 0.15) is 11.9 Å². The Bertz CT molecular complexity index is 677. The van der Waals surface area contributed by atoms with Crippen LogP contribution in [-0.4, -0.2) is 30.1 Å². The van der Waals surface area contributed by atoms with Gasteiger partial charge in [-0.15, -0.1) is 0 Å². The van der Waals surface area contributed by atoms with Gasteiger partial charge in [0.2, 0.25) is 0 Å². The smallest absolute Gasteiger partial charge is 0.318 e. The molecular weight excluding hydrogens is 288 g/mol. The second kappa shape index (κ2) is 5.95. The summed E-state index contributed by atoms with van der Waals surface area (Å²) in [5.41, 5.74) is 2.43. The Morgan fingerprint density at radius 2 is 1.91 bits per heavy atom. The van der Waals surface area contributed by atoms with Crippen LogP contribution in [0.25, 0.3) is 0 Å². The quantitative estimate of drug-likeness (QED) is 0.946. The molecule has 0 unspecified atom stereocenters. The van der Waals surface area contributed by atoms with E-state index in [-0.39, 0.29) is 18.2 Å². The minimum atomic E-state index is 0.00431. The predicted molar refractivity (Wildman–Crippen MR) is 88.5 cm³/mol. The number of para-hydroxylation sites is 1. The Balaban J connectivity index is 1.31. The van der Waals surface area contributed by atoms with Crippen molar-refractivity contribution >= 4 is 6.03 Å². The summed E-state index contributed by atoms with van der Waals surface area (Å²) in [7, 11) is 0. The van der Waals surface area contributed by atoms with E-state index in [1.165, 1.54) is 11.1 Å². The summed E-state index contributed by atoms with van der Waals surface area (Å²) in [4.78, 5) is 14.3. The van der Waals surface area contributed by atoms with Crippen LogP contribution in [0.15, 0.2) is 54.6 Å². The highest BCUT2D eigenvalue weighted by Crippen LogP contribution is 2.33. The van der Waals surface area contributed by atoms with Crippen molar-refractivity contribution in [3.05, 3.63) is 65.7 Å². The van der Waals surface area contributed by atoms with E-state index in [1.54, 1.807) is 0 Å². The maximum Gasteiger partial charge on any atom is 0.318 e. The van der Waals surface area contributed by atoms with Crippen LogP contribution in [0.2, 0.25) is 0 Å². The lowest BCUT2D eigenvalue weighted by atomic mass is 9.95. The minimum absolute atomic E-state index is 0.00431. The standard InChI is InChI=1S/C19H20N2O2/c22-19(21-11-10-17(21)14-6-2-1-3-7-14)20-13-16-12-15-8-4-5-9-18(15)23-16/h1-9,16-17H,10-13H2,(H,20,22)/t16-,17-/m0/s1. The van der Waals surface area contributed by atoms with Gasteiger partial charge in [0.15, 0.2) is 0 Å². The molecular formula is C19H20N2O2. The molecule has 1 N–H and O–H groups in total. The molecule has 4 nitrogen and oxygen atoms in total. The lowest BCUT2D eigenvalue weighted by Gasteiger charge is -2.41. The monoisotopic (exact) mass is 308 g/mol. The molecule has 0 saturated carbocycles. The van der Waals surface area contributed by atoms with Gasteiger partial charge >= 0.3 is 6.03 Å². The Morgan fingerprint density at radius 1 is 1.13 bits per heavy atom. The predicted octanol–water partition coefficient (Wildman–Crippen LogP) is 3.15.